The van der Waals surface area contributed by atoms with Crippen molar-refractivity contribution in [1.82, 2.24) is 4.90 Å². The van der Waals surface area contributed by atoms with E-state index in [0.29, 0.717) is 23.6 Å². The number of hydrogen-bond donors (Lipinski definition) is 0. The van der Waals surface area contributed by atoms with E-state index in [2.05, 4.69) is 18.7 Å². The molecule has 1 nitrogen and oxygen atoms in total. The zero-order valence-electron chi connectivity index (χ0n) is 12.0. The molecule has 3 heteroatoms. The highest BCUT2D eigenvalue weighted by molar-refractivity contribution is 5.29. The summed E-state index contributed by atoms with van der Waals surface area (Å²) < 4.78 is 27.9. The molecule has 1 fully saturated rings. The molecule has 1 aliphatic heterocycles. The van der Waals surface area contributed by atoms with Crippen molar-refractivity contribution in [2.75, 3.05) is 13.1 Å². The molecule has 0 N–H and O–H groups in total. The van der Waals surface area contributed by atoms with Gasteiger partial charge in [-0.3, -0.25) is 0 Å². The molecule has 1 aromatic carbocycles. The SMILES string of the molecule is CCc1cc(F)c(C2CCN(C(C)C)CC2)cc1F. The van der Waals surface area contributed by atoms with E-state index in [4.69, 9.17) is 0 Å². The van der Waals surface area contributed by atoms with E-state index in [1.165, 1.54) is 12.1 Å². The summed E-state index contributed by atoms with van der Waals surface area (Å²) in [5, 5.41) is 0. The Hall–Kier alpha value is -0.960. The second-order valence-corrected chi connectivity index (χ2v) is 5.72. The van der Waals surface area contributed by atoms with Gasteiger partial charge in [0, 0.05) is 6.04 Å². The van der Waals surface area contributed by atoms with Crippen molar-refractivity contribution in [2.45, 2.75) is 52.0 Å². The van der Waals surface area contributed by atoms with Crippen LogP contribution in [0.1, 0.15) is 50.7 Å². The molecule has 0 radical (unpaired) electrons. The molecule has 0 aliphatic carbocycles. The van der Waals surface area contributed by atoms with Crippen LogP contribution in [-0.4, -0.2) is 24.0 Å². The first-order chi connectivity index (χ1) is 9.02. The molecule has 2 rings (SSSR count). The van der Waals surface area contributed by atoms with E-state index in [1.807, 2.05) is 6.92 Å². The lowest BCUT2D eigenvalue weighted by molar-refractivity contribution is 0.170. The Labute approximate surface area is 114 Å². The van der Waals surface area contributed by atoms with Crippen molar-refractivity contribution in [2.24, 2.45) is 0 Å². The summed E-state index contributed by atoms with van der Waals surface area (Å²) >= 11 is 0. The molecule has 0 atom stereocenters. The smallest absolute Gasteiger partial charge is 0.127 e. The van der Waals surface area contributed by atoms with Crippen LogP contribution in [0.5, 0.6) is 0 Å². The Morgan fingerprint density at radius 1 is 1.16 bits per heavy atom. The average Bonchev–Trinajstić information content (AvgIpc) is 2.41. The summed E-state index contributed by atoms with van der Waals surface area (Å²) in [6.07, 6.45) is 2.37. The summed E-state index contributed by atoms with van der Waals surface area (Å²) in [6.45, 7) is 8.14. The normalized spacial score (nSPS) is 18.2. The maximum absolute atomic E-state index is 14.1. The highest BCUT2D eigenvalue weighted by Crippen LogP contribution is 2.31. The van der Waals surface area contributed by atoms with Crippen LogP contribution in [0.3, 0.4) is 0 Å². The molecule has 1 aliphatic rings. The molecule has 0 saturated carbocycles. The maximum atomic E-state index is 14.1. The molecule has 0 unspecified atom stereocenters. The largest absolute Gasteiger partial charge is 0.301 e. The summed E-state index contributed by atoms with van der Waals surface area (Å²) in [5.41, 5.74) is 1.04. The first kappa shape index (κ1) is 14.4. The van der Waals surface area contributed by atoms with Crippen LogP contribution in [0.2, 0.25) is 0 Å². The fraction of sp³-hybridized carbons (Fsp3) is 0.625. The van der Waals surface area contributed by atoms with E-state index in [9.17, 15) is 8.78 Å². The molecule has 0 bridgehead atoms. The molecule has 0 amide bonds. The topological polar surface area (TPSA) is 3.24 Å². The highest BCUT2D eigenvalue weighted by atomic mass is 19.1. The number of hydrogen-bond acceptors (Lipinski definition) is 1. The van der Waals surface area contributed by atoms with Gasteiger partial charge in [0.1, 0.15) is 11.6 Å². The van der Waals surface area contributed by atoms with E-state index in [0.717, 1.165) is 25.9 Å². The van der Waals surface area contributed by atoms with E-state index >= 15 is 0 Å². The third kappa shape index (κ3) is 3.14. The van der Waals surface area contributed by atoms with Crippen LogP contribution >= 0.6 is 0 Å². The van der Waals surface area contributed by atoms with Gasteiger partial charge in [0.05, 0.1) is 0 Å². The minimum absolute atomic E-state index is 0.162. The Balaban J connectivity index is 2.13. The lowest BCUT2D eigenvalue weighted by Gasteiger charge is -2.35. The molecule has 19 heavy (non-hydrogen) atoms. The molecule has 0 spiro atoms. The predicted octanol–water partition coefficient (Wildman–Crippen LogP) is 4.12. The predicted molar refractivity (Wildman–Crippen MR) is 74.4 cm³/mol. The number of aryl methyl sites for hydroxylation is 1. The van der Waals surface area contributed by atoms with Crippen LogP contribution in [0.15, 0.2) is 12.1 Å². The third-order valence-electron chi connectivity index (χ3n) is 4.25. The Kier molecular flexibility index (Phi) is 4.56. The van der Waals surface area contributed by atoms with Crippen molar-refractivity contribution in [3.63, 3.8) is 0 Å². The molecule has 1 aromatic rings. The van der Waals surface area contributed by atoms with Crippen molar-refractivity contribution in [3.05, 3.63) is 34.9 Å². The van der Waals surface area contributed by atoms with E-state index in [1.54, 1.807) is 0 Å². The number of benzene rings is 1. The van der Waals surface area contributed by atoms with Crippen molar-refractivity contribution in [1.29, 1.82) is 0 Å². The number of piperidine rings is 1. The summed E-state index contributed by atoms with van der Waals surface area (Å²) in [7, 11) is 0. The van der Waals surface area contributed by atoms with Crippen LogP contribution in [0.25, 0.3) is 0 Å². The average molecular weight is 267 g/mol. The van der Waals surface area contributed by atoms with Gasteiger partial charge in [-0.15, -0.1) is 0 Å². The fourth-order valence-electron chi connectivity index (χ4n) is 2.91. The van der Waals surface area contributed by atoms with Gasteiger partial charge in [-0.05, 0) is 75.4 Å². The number of halogens is 2. The van der Waals surface area contributed by atoms with Gasteiger partial charge >= 0.3 is 0 Å². The summed E-state index contributed by atoms with van der Waals surface area (Å²) in [6, 6.07) is 3.33. The third-order valence-corrected chi connectivity index (χ3v) is 4.25. The van der Waals surface area contributed by atoms with Gasteiger partial charge in [0.25, 0.3) is 0 Å². The minimum Gasteiger partial charge on any atom is -0.301 e. The van der Waals surface area contributed by atoms with Gasteiger partial charge in [-0.25, -0.2) is 8.78 Å². The quantitative estimate of drug-likeness (QED) is 0.796. The Bertz CT molecular complexity index is 435. The first-order valence-corrected chi connectivity index (χ1v) is 7.24. The van der Waals surface area contributed by atoms with Crippen LogP contribution in [0.4, 0.5) is 8.78 Å². The molecule has 0 aromatic heterocycles. The summed E-state index contributed by atoms with van der Waals surface area (Å²) in [5.74, 6) is -0.332. The van der Waals surface area contributed by atoms with Gasteiger partial charge in [0.15, 0.2) is 0 Å². The van der Waals surface area contributed by atoms with Crippen molar-refractivity contribution in [3.8, 4) is 0 Å². The zero-order valence-corrected chi connectivity index (χ0v) is 12.0. The fourth-order valence-corrected chi connectivity index (χ4v) is 2.91. The van der Waals surface area contributed by atoms with Gasteiger partial charge in [0.2, 0.25) is 0 Å². The van der Waals surface area contributed by atoms with Gasteiger partial charge < -0.3 is 4.90 Å². The first-order valence-electron chi connectivity index (χ1n) is 7.24. The van der Waals surface area contributed by atoms with Crippen molar-refractivity contribution >= 4 is 0 Å². The molecule has 1 saturated heterocycles. The summed E-state index contributed by atoms with van der Waals surface area (Å²) in [4.78, 5) is 2.39. The van der Waals surface area contributed by atoms with Gasteiger partial charge in [-0.1, -0.05) is 6.92 Å². The second kappa shape index (κ2) is 6.00. The van der Waals surface area contributed by atoms with Gasteiger partial charge in [-0.2, -0.15) is 0 Å². The van der Waals surface area contributed by atoms with Crippen LogP contribution in [0, 0.1) is 11.6 Å². The molecule has 1 heterocycles. The van der Waals surface area contributed by atoms with Crippen LogP contribution < -0.4 is 0 Å². The molecular formula is C16H23F2N. The van der Waals surface area contributed by atoms with E-state index in [-0.39, 0.29) is 17.6 Å². The monoisotopic (exact) mass is 267 g/mol. The number of nitrogens with zero attached hydrogens (tertiary/aromatic N) is 1. The molecular weight excluding hydrogens is 244 g/mol. The minimum atomic E-state index is -0.259. The number of rotatable bonds is 3. The second-order valence-electron chi connectivity index (χ2n) is 5.72. The van der Waals surface area contributed by atoms with Crippen molar-refractivity contribution < 1.29 is 8.78 Å². The highest BCUT2D eigenvalue weighted by Gasteiger charge is 2.24. The zero-order chi connectivity index (χ0) is 14.0. The number of likely N-dealkylation sites (tertiary alicyclic amines) is 1. The lowest BCUT2D eigenvalue weighted by Crippen LogP contribution is -2.38. The Morgan fingerprint density at radius 2 is 1.79 bits per heavy atom. The van der Waals surface area contributed by atoms with Crippen LogP contribution in [-0.2, 0) is 6.42 Å². The lowest BCUT2D eigenvalue weighted by atomic mass is 9.88. The van der Waals surface area contributed by atoms with E-state index < -0.39 is 0 Å². The standard InChI is InChI=1S/C16H23F2N/c1-4-12-9-16(18)14(10-15(12)17)13-5-7-19(8-6-13)11(2)3/h9-11,13H,4-8H2,1-3H3. The molecule has 106 valence electrons. The Morgan fingerprint density at radius 3 is 2.32 bits per heavy atom. The maximum Gasteiger partial charge on any atom is 0.127 e.